The first-order chi connectivity index (χ1) is 14.6. The molecule has 0 unspecified atom stereocenters. The molecule has 0 heterocycles. The van der Waals surface area contributed by atoms with Crippen molar-refractivity contribution in [2.45, 2.75) is 19.4 Å². The molecule has 3 rings (SSSR count). The van der Waals surface area contributed by atoms with Crippen molar-refractivity contribution in [1.82, 2.24) is 5.32 Å². The quantitative estimate of drug-likeness (QED) is 0.550. The molecule has 0 aliphatic rings. The highest BCUT2D eigenvalue weighted by Gasteiger charge is 2.21. The lowest BCUT2D eigenvalue weighted by Gasteiger charge is -2.20. The van der Waals surface area contributed by atoms with Crippen LogP contribution in [0.5, 0.6) is 11.5 Å². The van der Waals surface area contributed by atoms with Gasteiger partial charge in [-0.2, -0.15) is 0 Å². The molecule has 0 bridgehead atoms. The van der Waals surface area contributed by atoms with Crippen LogP contribution in [0.2, 0.25) is 0 Å². The smallest absolute Gasteiger partial charge is 0.246 e. The van der Waals surface area contributed by atoms with Crippen molar-refractivity contribution in [2.24, 2.45) is 0 Å². The molecule has 0 aromatic heterocycles. The monoisotopic (exact) mass is 404 g/mol. The SMILES string of the molecule is COc1ccc(CCN[C@@H](C(=O)Nc2cc(C)ccc2OC)c2ccccc2)cc1. The topological polar surface area (TPSA) is 59.6 Å². The Balaban J connectivity index is 1.72. The first kappa shape index (κ1) is 21.4. The largest absolute Gasteiger partial charge is 0.497 e. The lowest BCUT2D eigenvalue weighted by Crippen LogP contribution is -2.34. The highest BCUT2D eigenvalue weighted by atomic mass is 16.5. The van der Waals surface area contributed by atoms with Gasteiger partial charge >= 0.3 is 0 Å². The summed E-state index contributed by atoms with van der Waals surface area (Å²) in [6.07, 6.45) is 0.800. The fourth-order valence-electron chi connectivity index (χ4n) is 3.28. The number of anilines is 1. The number of ether oxygens (including phenoxy) is 2. The maximum atomic E-state index is 13.2. The fraction of sp³-hybridized carbons (Fsp3) is 0.240. The summed E-state index contributed by atoms with van der Waals surface area (Å²) in [5.41, 5.74) is 3.81. The molecule has 3 aromatic carbocycles. The Labute approximate surface area is 178 Å². The first-order valence-electron chi connectivity index (χ1n) is 9.97. The van der Waals surface area contributed by atoms with Crippen molar-refractivity contribution in [3.05, 3.63) is 89.5 Å². The van der Waals surface area contributed by atoms with Crippen LogP contribution >= 0.6 is 0 Å². The minimum absolute atomic E-state index is 0.125. The zero-order chi connectivity index (χ0) is 21.3. The van der Waals surface area contributed by atoms with Crippen LogP contribution in [0, 0.1) is 6.92 Å². The van der Waals surface area contributed by atoms with Crippen LogP contribution in [0.1, 0.15) is 22.7 Å². The molecule has 2 N–H and O–H groups in total. The van der Waals surface area contributed by atoms with Gasteiger partial charge < -0.3 is 20.1 Å². The van der Waals surface area contributed by atoms with Gasteiger partial charge in [0.25, 0.3) is 0 Å². The van der Waals surface area contributed by atoms with Gasteiger partial charge in [-0.05, 0) is 54.3 Å². The molecule has 1 amide bonds. The van der Waals surface area contributed by atoms with E-state index >= 15 is 0 Å². The van der Waals surface area contributed by atoms with Gasteiger partial charge in [0.1, 0.15) is 17.5 Å². The summed E-state index contributed by atoms with van der Waals surface area (Å²) < 4.78 is 10.6. The molecule has 5 nitrogen and oxygen atoms in total. The van der Waals surface area contributed by atoms with Crippen molar-refractivity contribution < 1.29 is 14.3 Å². The van der Waals surface area contributed by atoms with Crippen molar-refractivity contribution in [1.29, 1.82) is 0 Å². The molecular formula is C25H28N2O3. The molecule has 0 aliphatic heterocycles. The van der Waals surface area contributed by atoms with Crippen LogP contribution < -0.4 is 20.1 Å². The third kappa shape index (κ3) is 5.61. The van der Waals surface area contributed by atoms with E-state index in [2.05, 4.69) is 10.6 Å². The van der Waals surface area contributed by atoms with E-state index in [0.717, 1.165) is 23.3 Å². The van der Waals surface area contributed by atoms with Gasteiger partial charge in [-0.3, -0.25) is 4.79 Å². The number of carbonyl (C=O) groups is 1. The van der Waals surface area contributed by atoms with E-state index < -0.39 is 6.04 Å². The number of rotatable bonds is 9. The predicted octanol–water partition coefficient (Wildman–Crippen LogP) is 4.52. The van der Waals surface area contributed by atoms with Crippen molar-refractivity contribution in [3.63, 3.8) is 0 Å². The maximum absolute atomic E-state index is 13.2. The molecule has 156 valence electrons. The fourth-order valence-corrected chi connectivity index (χ4v) is 3.28. The minimum Gasteiger partial charge on any atom is -0.497 e. The van der Waals surface area contributed by atoms with Crippen LogP contribution in [-0.2, 0) is 11.2 Å². The summed E-state index contributed by atoms with van der Waals surface area (Å²) in [5.74, 6) is 1.35. The van der Waals surface area contributed by atoms with E-state index in [9.17, 15) is 4.79 Å². The van der Waals surface area contributed by atoms with Crippen LogP contribution in [0.3, 0.4) is 0 Å². The van der Waals surface area contributed by atoms with E-state index in [1.54, 1.807) is 14.2 Å². The normalized spacial score (nSPS) is 11.6. The zero-order valence-electron chi connectivity index (χ0n) is 17.6. The summed E-state index contributed by atoms with van der Waals surface area (Å²) >= 11 is 0. The summed E-state index contributed by atoms with van der Waals surface area (Å²) in [4.78, 5) is 13.2. The van der Waals surface area contributed by atoms with E-state index in [0.29, 0.717) is 18.0 Å². The van der Waals surface area contributed by atoms with Gasteiger partial charge in [-0.25, -0.2) is 0 Å². The Morgan fingerprint density at radius 1 is 0.933 bits per heavy atom. The Kier molecular flexibility index (Phi) is 7.46. The molecule has 30 heavy (non-hydrogen) atoms. The van der Waals surface area contributed by atoms with E-state index in [-0.39, 0.29) is 5.91 Å². The number of methoxy groups -OCH3 is 2. The van der Waals surface area contributed by atoms with Gasteiger partial charge in [0.2, 0.25) is 5.91 Å². The van der Waals surface area contributed by atoms with E-state index in [4.69, 9.17) is 9.47 Å². The van der Waals surface area contributed by atoms with Crippen LogP contribution in [0.4, 0.5) is 5.69 Å². The average molecular weight is 405 g/mol. The predicted molar refractivity (Wildman–Crippen MR) is 120 cm³/mol. The van der Waals surface area contributed by atoms with Gasteiger partial charge in [-0.1, -0.05) is 48.5 Å². The third-order valence-electron chi connectivity index (χ3n) is 4.93. The molecule has 5 heteroatoms. The van der Waals surface area contributed by atoms with Gasteiger partial charge in [0.15, 0.2) is 0 Å². The molecular weight excluding hydrogens is 376 g/mol. The maximum Gasteiger partial charge on any atom is 0.246 e. The third-order valence-corrected chi connectivity index (χ3v) is 4.93. The summed E-state index contributed by atoms with van der Waals surface area (Å²) in [6.45, 7) is 2.64. The first-order valence-corrected chi connectivity index (χ1v) is 9.97. The Morgan fingerprint density at radius 2 is 1.67 bits per heavy atom. The molecule has 0 radical (unpaired) electrons. The number of nitrogens with one attached hydrogen (secondary N) is 2. The van der Waals surface area contributed by atoms with Crippen molar-refractivity contribution >= 4 is 11.6 Å². The van der Waals surface area contributed by atoms with Gasteiger partial charge in [-0.15, -0.1) is 0 Å². The highest BCUT2D eigenvalue weighted by molar-refractivity contribution is 5.96. The number of benzene rings is 3. The second-order valence-corrected chi connectivity index (χ2v) is 7.09. The number of aryl methyl sites for hydroxylation is 1. The Hall–Kier alpha value is -3.31. The molecule has 0 spiro atoms. The minimum atomic E-state index is -0.477. The number of carbonyl (C=O) groups excluding carboxylic acids is 1. The number of hydrogen-bond donors (Lipinski definition) is 2. The second-order valence-electron chi connectivity index (χ2n) is 7.09. The van der Waals surface area contributed by atoms with Crippen molar-refractivity contribution in [2.75, 3.05) is 26.1 Å². The molecule has 0 saturated carbocycles. The summed E-state index contributed by atoms with van der Waals surface area (Å²) in [7, 11) is 3.25. The van der Waals surface area contributed by atoms with Gasteiger partial charge in [0.05, 0.1) is 19.9 Å². The Morgan fingerprint density at radius 3 is 2.33 bits per heavy atom. The molecule has 3 aromatic rings. The van der Waals surface area contributed by atoms with Crippen LogP contribution in [-0.4, -0.2) is 26.7 Å². The highest BCUT2D eigenvalue weighted by Crippen LogP contribution is 2.26. The lowest BCUT2D eigenvalue weighted by molar-refractivity contribution is -0.118. The number of amides is 1. The Bertz CT molecular complexity index is 956. The molecule has 1 atom stereocenters. The molecule has 0 fully saturated rings. The van der Waals surface area contributed by atoms with E-state index in [1.165, 1.54) is 5.56 Å². The summed E-state index contributed by atoms with van der Waals surface area (Å²) in [5, 5.41) is 6.42. The zero-order valence-corrected chi connectivity index (χ0v) is 17.6. The lowest BCUT2D eigenvalue weighted by atomic mass is 10.0. The second kappa shape index (κ2) is 10.5. The van der Waals surface area contributed by atoms with Crippen molar-refractivity contribution in [3.8, 4) is 11.5 Å². The van der Waals surface area contributed by atoms with Gasteiger partial charge in [0, 0.05) is 6.54 Å². The molecule has 0 aliphatic carbocycles. The van der Waals surface area contributed by atoms with E-state index in [1.807, 2.05) is 79.7 Å². The molecule has 0 saturated heterocycles. The summed E-state index contributed by atoms with van der Waals surface area (Å²) in [6, 6.07) is 22.9. The van der Waals surface area contributed by atoms with Crippen LogP contribution in [0.15, 0.2) is 72.8 Å². The standard InChI is InChI=1S/C25H28N2O3/c1-18-9-14-23(30-3)22(17-18)27-25(28)24(20-7-5-4-6-8-20)26-16-15-19-10-12-21(29-2)13-11-19/h4-14,17,24,26H,15-16H2,1-3H3,(H,27,28)/t24-/m1/s1. The number of hydrogen-bond acceptors (Lipinski definition) is 4. The average Bonchev–Trinajstić information content (AvgIpc) is 2.78. The van der Waals surface area contributed by atoms with Crippen LogP contribution in [0.25, 0.3) is 0 Å².